The van der Waals surface area contributed by atoms with Crippen molar-refractivity contribution in [2.45, 2.75) is 31.2 Å². The normalized spacial score (nSPS) is 13.1. The molecule has 1 atom stereocenters. The molecular formula is C12H17ClN2O3S. The molecule has 0 aromatic heterocycles. The van der Waals surface area contributed by atoms with E-state index in [1.54, 1.807) is 7.05 Å². The Morgan fingerprint density at radius 2 is 2.05 bits per heavy atom. The molecule has 5 nitrogen and oxygen atoms in total. The van der Waals surface area contributed by atoms with E-state index in [0.717, 1.165) is 6.42 Å². The van der Waals surface area contributed by atoms with Crippen LogP contribution in [-0.2, 0) is 10.0 Å². The molecule has 2 N–H and O–H groups in total. The molecule has 0 saturated heterocycles. The van der Waals surface area contributed by atoms with Crippen LogP contribution in [0.2, 0.25) is 5.02 Å². The summed E-state index contributed by atoms with van der Waals surface area (Å²) in [6, 6.07) is 4.16. The second-order valence-corrected chi connectivity index (χ2v) is 6.27. The molecule has 106 valence electrons. The molecule has 0 spiro atoms. The molecule has 0 aliphatic rings. The molecular weight excluding hydrogens is 288 g/mol. The molecule has 0 bridgehead atoms. The zero-order valence-corrected chi connectivity index (χ0v) is 12.6. The number of carbonyl (C=O) groups excluding carboxylic acids is 1. The van der Waals surface area contributed by atoms with Crippen LogP contribution in [0.25, 0.3) is 0 Å². The van der Waals surface area contributed by atoms with Crippen molar-refractivity contribution in [2.24, 2.45) is 5.14 Å². The van der Waals surface area contributed by atoms with E-state index in [9.17, 15) is 13.2 Å². The van der Waals surface area contributed by atoms with Crippen molar-refractivity contribution >= 4 is 27.5 Å². The van der Waals surface area contributed by atoms with Gasteiger partial charge in [-0.2, -0.15) is 0 Å². The van der Waals surface area contributed by atoms with E-state index in [4.69, 9.17) is 16.7 Å². The van der Waals surface area contributed by atoms with Gasteiger partial charge in [0, 0.05) is 13.1 Å². The lowest BCUT2D eigenvalue weighted by Crippen LogP contribution is -2.36. The molecule has 1 unspecified atom stereocenters. The molecule has 1 aromatic carbocycles. The predicted octanol–water partition coefficient (Wildman–Crippen LogP) is 1.86. The Morgan fingerprint density at radius 3 is 2.53 bits per heavy atom. The van der Waals surface area contributed by atoms with E-state index in [2.05, 4.69) is 0 Å². The zero-order valence-electron chi connectivity index (χ0n) is 11.1. The number of rotatable bonds is 4. The van der Waals surface area contributed by atoms with Crippen LogP contribution in [0.1, 0.15) is 30.6 Å². The van der Waals surface area contributed by atoms with Gasteiger partial charge in [0.25, 0.3) is 5.91 Å². The smallest absolute Gasteiger partial charge is 0.256 e. The topological polar surface area (TPSA) is 80.5 Å². The maximum atomic E-state index is 12.4. The summed E-state index contributed by atoms with van der Waals surface area (Å²) < 4.78 is 23.0. The molecule has 1 aromatic rings. The third-order valence-corrected chi connectivity index (χ3v) is 4.34. The number of halogens is 1. The molecule has 1 amide bonds. The van der Waals surface area contributed by atoms with Gasteiger partial charge in [-0.1, -0.05) is 24.6 Å². The van der Waals surface area contributed by atoms with Gasteiger partial charge in [0.15, 0.2) is 0 Å². The average molecular weight is 305 g/mol. The van der Waals surface area contributed by atoms with Gasteiger partial charge in [-0.3, -0.25) is 4.79 Å². The first-order valence-electron chi connectivity index (χ1n) is 5.78. The van der Waals surface area contributed by atoms with E-state index in [1.165, 1.54) is 23.1 Å². The number of benzene rings is 1. The van der Waals surface area contributed by atoms with Gasteiger partial charge < -0.3 is 4.90 Å². The number of sulfonamides is 1. The fourth-order valence-corrected chi connectivity index (χ4v) is 2.66. The summed E-state index contributed by atoms with van der Waals surface area (Å²) in [4.78, 5) is 13.6. The summed E-state index contributed by atoms with van der Waals surface area (Å²) in [7, 11) is -2.39. The quantitative estimate of drug-likeness (QED) is 0.922. The van der Waals surface area contributed by atoms with Gasteiger partial charge in [0.2, 0.25) is 10.0 Å². The first-order valence-corrected chi connectivity index (χ1v) is 7.71. The number of primary sulfonamides is 1. The highest BCUT2D eigenvalue weighted by molar-refractivity contribution is 7.89. The van der Waals surface area contributed by atoms with Crippen molar-refractivity contribution in [3.05, 3.63) is 28.8 Å². The highest BCUT2D eigenvalue weighted by Crippen LogP contribution is 2.25. The molecule has 1 rings (SSSR count). The van der Waals surface area contributed by atoms with Gasteiger partial charge >= 0.3 is 0 Å². The van der Waals surface area contributed by atoms with Crippen molar-refractivity contribution < 1.29 is 13.2 Å². The predicted molar refractivity (Wildman–Crippen MR) is 74.7 cm³/mol. The highest BCUT2D eigenvalue weighted by Gasteiger charge is 2.26. The Kier molecular flexibility index (Phi) is 4.95. The highest BCUT2D eigenvalue weighted by atomic mass is 35.5. The zero-order chi connectivity index (χ0) is 14.8. The molecule has 0 aliphatic carbocycles. The first-order chi connectivity index (χ1) is 8.70. The van der Waals surface area contributed by atoms with Crippen LogP contribution in [0, 0.1) is 0 Å². The van der Waals surface area contributed by atoms with Crippen LogP contribution < -0.4 is 5.14 Å². The van der Waals surface area contributed by atoms with Crippen LogP contribution in [0.4, 0.5) is 0 Å². The van der Waals surface area contributed by atoms with E-state index < -0.39 is 15.9 Å². The number of hydrogen-bond acceptors (Lipinski definition) is 3. The number of nitrogens with two attached hydrogens (primary N) is 1. The number of amides is 1. The van der Waals surface area contributed by atoms with Gasteiger partial charge in [-0.15, -0.1) is 0 Å². The van der Waals surface area contributed by atoms with Crippen LogP contribution in [-0.4, -0.2) is 32.3 Å². The maximum Gasteiger partial charge on any atom is 0.256 e. The minimum atomic E-state index is -4.00. The molecule has 19 heavy (non-hydrogen) atoms. The van der Waals surface area contributed by atoms with Crippen molar-refractivity contribution in [3.8, 4) is 0 Å². The van der Waals surface area contributed by atoms with Crippen LogP contribution in [0.15, 0.2) is 23.1 Å². The SMILES string of the molecule is CCC(C)N(C)C(=O)c1c(Cl)cccc1S(N)(=O)=O. The van der Waals surface area contributed by atoms with Crippen molar-refractivity contribution in [1.29, 1.82) is 0 Å². The summed E-state index contributed by atoms with van der Waals surface area (Å²) in [5.74, 6) is -0.455. The third-order valence-electron chi connectivity index (χ3n) is 3.07. The first kappa shape index (κ1) is 15.9. The monoisotopic (exact) mass is 304 g/mol. The van der Waals surface area contributed by atoms with Crippen molar-refractivity contribution in [1.82, 2.24) is 4.90 Å². The number of carbonyl (C=O) groups is 1. The molecule has 0 saturated carbocycles. The minimum Gasteiger partial charge on any atom is -0.339 e. The molecule has 0 fully saturated rings. The largest absolute Gasteiger partial charge is 0.339 e. The second-order valence-electron chi connectivity index (χ2n) is 4.33. The fourth-order valence-electron chi connectivity index (χ4n) is 1.60. The van der Waals surface area contributed by atoms with E-state index in [1.807, 2.05) is 13.8 Å². The lowest BCUT2D eigenvalue weighted by Gasteiger charge is -2.25. The van der Waals surface area contributed by atoms with Crippen molar-refractivity contribution in [2.75, 3.05) is 7.05 Å². The van der Waals surface area contributed by atoms with Gasteiger partial charge in [-0.25, -0.2) is 13.6 Å². The van der Waals surface area contributed by atoms with E-state index in [0.29, 0.717) is 0 Å². The molecule has 7 heteroatoms. The van der Waals surface area contributed by atoms with Crippen LogP contribution in [0.3, 0.4) is 0 Å². The van der Waals surface area contributed by atoms with E-state index >= 15 is 0 Å². The lowest BCUT2D eigenvalue weighted by atomic mass is 10.1. The minimum absolute atomic E-state index is 0.0305. The summed E-state index contributed by atoms with van der Waals surface area (Å²) in [6.07, 6.45) is 0.747. The number of hydrogen-bond donors (Lipinski definition) is 1. The Morgan fingerprint density at radius 1 is 1.47 bits per heavy atom. The Balaban J connectivity index is 3.39. The van der Waals surface area contributed by atoms with Gasteiger partial charge in [0.1, 0.15) is 0 Å². The number of nitrogens with zero attached hydrogens (tertiary/aromatic N) is 1. The Bertz CT molecular complexity index is 587. The second kappa shape index (κ2) is 5.90. The van der Waals surface area contributed by atoms with Gasteiger partial charge in [0.05, 0.1) is 15.5 Å². The summed E-state index contributed by atoms with van der Waals surface area (Å²) in [6.45, 7) is 3.80. The molecule has 0 aliphatic heterocycles. The van der Waals surface area contributed by atoms with Crippen LogP contribution >= 0.6 is 11.6 Å². The Labute approximate surface area is 118 Å². The van der Waals surface area contributed by atoms with E-state index in [-0.39, 0.29) is 21.5 Å². The van der Waals surface area contributed by atoms with Gasteiger partial charge in [-0.05, 0) is 25.5 Å². The summed E-state index contributed by atoms with van der Waals surface area (Å²) in [5, 5.41) is 5.19. The van der Waals surface area contributed by atoms with Crippen molar-refractivity contribution in [3.63, 3.8) is 0 Å². The lowest BCUT2D eigenvalue weighted by molar-refractivity contribution is 0.0737. The van der Waals surface area contributed by atoms with Crippen LogP contribution in [0.5, 0.6) is 0 Å². The third kappa shape index (κ3) is 3.46. The summed E-state index contributed by atoms with van der Waals surface area (Å²) in [5.41, 5.74) is -0.0746. The maximum absolute atomic E-state index is 12.4. The standard InChI is InChI=1S/C12H17ClN2O3S/c1-4-8(2)15(3)12(16)11-9(13)6-5-7-10(11)19(14,17)18/h5-8H,4H2,1-3H3,(H2,14,17,18). The molecule has 0 heterocycles. The Hall–Kier alpha value is -1.11. The average Bonchev–Trinajstić information content (AvgIpc) is 2.34. The molecule has 0 radical (unpaired) electrons. The summed E-state index contributed by atoms with van der Waals surface area (Å²) >= 11 is 5.95. The fraction of sp³-hybridized carbons (Fsp3) is 0.417.